The molecule has 2 rings (SSSR count). The first-order valence-electron chi connectivity index (χ1n) is 6.77. The van der Waals surface area contributed by atoms with Crippen molar-refractivity contribution in [2.45, 2.75) is 19.4 Å². The maximum Gasteiger partial charge on any atom is 0.252 e. The van der Waals surface area contributed by atoms with E-state index in [1.54, 1.807) is 24.3 Å². The van der Waals surface area contributed by atoms with Crippen molar-refractivity contribution in [1.82, 2.24) is 15.5 Å². The number of nitrogens with two attached hydrogens (primary N) is 2. The molecule has 22 heavy (non-hydrogen) atoms. The van der Waals surface area contributed by atoms with Gasteiger partial charge in [-0.15, -0.1) is 10.2 Å². The number of carbonyl (C=O) groups excluding carboxylic acids is 1. The average molecular weight is 321 g/mol. The number of carbonyl (C=O) groups is 1. The Hall–Kier alpha value is -2.19. The Bertz CT molecular complexity index is 656. The second kappa shape index (κ2) is 6.71. The van der Waals surface area contributed by atoms with Crippen LogP contribution in [0.1, 0.15) is 29.2 Å². The van der Waals surface area contributed by atoms with E-state index in [4.69, 9.17) is 16.2 Å². The van der Waals surface area contributed by atoms with Crippen molar-refractivity contribution in [2.75, 3.05) is 18.9 Å². The maximum absolute atomic E-state index is 12.4. The summed E-state index contributed by atoms with van der Waals surface area (Å²) in [6.45, 7) is 4.52. The van der Waals surface area contributed by atoms with Gasteiger partial charge < -0.3 is 21.5 Å². The number of ether oxygens (including phenoxy) is 1. The minimum Gasteiger partial charge on any atom is -0.492 e. The van der Waals surface area contributed by atoms with Gasteiger partial charge in [0.15, 0.2) is 0 Å². The normalized spacial score (nSPS) is 11.2. The van der Waals surface area contributed by atoms with E-state index in [-0.39, 0.29) is 5.91 Å². The molecule has 0 unspecified atom stereocenters. The van der Waals surface area contributed by atoms with E-state index in [9.17, 15) is 4.79 Å². The number of aromatic nitrogens is 2. The Balaban J connectivity index is 2.11. The number of nitrogens with zero attached hydrogens (tertiary/aromatic N) is 2. The fourth-order valence-electron chi connectivity index (χ4n) is 1.80. The van der Waals surface area contributed by atoms with Gasteiger partial charge in [0.25, 0.3) is 5.91 Å². The first kappa shape index (κ1) is 16.2. The Kier molecular flexibility index (Phi) is 4.94. The topological polar surface area (TPSA) is 116 Å². The quantitative estimate of drug-likeness (QED) is 0.734. The minimum atomic E-state index is -0.666. The zero-order valence-corrected chi connectivity index (χ0v) is 13.3. The van der Waals surface area contributed by atoms with E-state index in [1.165, 1.54) is 11.3 Å². The Morgan fingerprint density at radius 2 is 2.18 bits per heavy atom. The molecule has 0 atom stereocenters. The molecule has 5 N–H and O–H groups in total. The van der Waals surface area contributed by atoms with Crippen molar-refractivity contribution >= 4 is 22.4 Å². The van der Waals surface area contributed by atoms with Crippen LogP contribution in [0.4, 0.5) is 5.13 Å². The number of rotatable bonds is 6. The SMILES string of the molecule is CC(C)(NC(=O)c1cccc(OCCN)c1)c1nnc(N)s1. The van der Waals surface area contributed by atoms with Crippen LogP contribution < -0.4 is 21.5 Å². The summed E-state index contributed by atoms with van der Waals surface area (Å²) in [6, 6.07) is 6.93. The molecule has 0 aliphatic rings. The highest BCUT2D eigenvalue weighted by atomic mass is 32.1. The van der Waals surface area contributed by atoms with Crippen LogP contribution in [0.15, 0.2) is 24.3 Å². The first-order chi connectivity index (χ1) is 10.4. The number of nitrogens with one attached hydrogen (secondary N) is 1. The molecule has 0 radical (unpaired) electrons. The van der Waals surface area contributed by atoms with Gasteiger partial charge in [-0.3, -0.25) is 4.79 Å². The number of hydrogen-bond acceptors (Lipinski definition) is 7. The summed E-state index contributed by atoms with van der Waals surface area (Å²) < 4.78 is 5.42. The highest BCUT2D eigenvalue weighted by Crippen LogP contribution is 2.25. The molecular weight excluding hydrogens is 302 g/mol. The molecule has 8 heteroatoms. The third kappa shape index (κ3) is 3.92. The van der Waals surface area contributed by atoms with Gasteiger partial charge in [-0.1, -0.05) is 17.4 Å². The first-order valence-corrected chi connectivity index (χ1v) is 7.59. The summed E-state index contributed by atoms with van der Waals surface area (Å²) in [5.41, 5.74) is 10.8. The predicted octanol–water partition coefficient (Wildman–Crippen LogP) is 1.12. The van der Waals surface area contributed by atoms with Crippen LogP contribution in [0.5, 0.6) is 5.75 Å². The largest absolute Gasteiger partial charge is 0.492 e. The number of anilines is 1. The molecule has 0 aliphatic carbocycles. The van der Waals surface area contributed by atoms with Crippen LogP contribution in [0, 0.1) is 0 Å². The van der Waals surface area contributed by atoms with Crippen molar-refractivity contribution in [3.05, 3.63) is 34.8 Å². The van der Waals surface area contributed by atoms with Gasteiger partial charge in [0.1, 0.15) is 17.4 Å². The lowest BCUT2D eigenvalue weighted by Gasteiger charge is -2.23. The van der Waals surface area contributed by atoms with E-state index < -0.39 is 5.54 Å². The molecule has 0 fully saturated rings. The fourth-order valence-corrected chi connectivity index (χ4v) is 2.47. The molecule has 1 aromatic carbocycles. The molecule has 0 spiro atoms. The van der Waals surface area contributed by atoms with E-state index >= 15 is 0 Å². The van der Waals surface area contributed by atoms with Gasteiger partial charge in [0, 0.05) is 12.1 Å². The molecular formula is C14H19N5O2S. The van der Waals surface area contributed by atoms with Crippen LogP contribution >= 0.6 is 11.3 Å². The maximum atomic E-state index is 12.4. The molecule has 1 amide bonds. The van der Waals surface area contributed by atoms with E-state index in [0.29, 0.717) is 34.6 Å². The van der Waals surface area contributed by atoms with E-state index in [2.05, 4.69) is 15.5 Å². The summed E-state index contributed by atoms with van der Waals surface area (Å²) in [5, 5.41) is 11.7. The van der Waals surface area contributed by atoms with Gasteiger partial charge in [0.05, 0.1) is 5.54 Å². The van der Waals surface area contributed by atoms with Crippen LogP contribution in [-0.4, -0.2) is 29.3 Å². The molecule has 0 saturated heterocycles. The van der Waals surface area contributed by atoms with Gasteiger partial charge in [-0.25, -0.2) is 0 Å². The summed E-state index contributed by atoms with van der Waals surface area (Å²) in [5.74, 6) is 0.382. The molecule has 118 valence electrons. The fraction of sp³-hybridized carbons (Fsp3) is 0.357. The third-order valence-electron chi connectivity index (χ3n) is 2.88. The lowest BCUT2D eigenvalue weighted by Crippen LogP contribution is -2.41. The van der Waals surface area contributed by atoms with Crippen LogP contribution in [0.3, 0.4) is 0 Å². The zero-order chi connectivity index (χ0) is 16.2. The molecule has 0 bridgehead atoms. The minimum absolute atomic E-state index is 0.225. The zero-order valence-electron chi connectivity index (χ0n) is 12.5. The Morgan fingerprint density at radius 3 is 2.82 bits per heavy atom. The number of hydrogen-bond donors (Lipinski definition) is 3. The highest BCUT2D eigenvalue weighted by Gasteiger charge is 2.27. The number of nitrogen functional groups attached to an aromatic ring is 1. The lowest BCUT2D eigenvalue weighted by molar-refractivity contribution is 0.0911. The van der Waals surface area contributed by atoms with Crippen molar-refractivity contribution in [2.24, 2.45) is 5.73 Å². The summed E-state index contributed by atoms with van der Waals surface area (Å²) in [7, 11) is 0. The second-order valence-corrected chi connectivity index (χ2v) is 6.20. The van der Waals surface area contributed by atoms with Crippen molar-refractivity contribution in [3.8, 4) is 5.75 Å². The monoisotopic (exact) mass is 321 g/mol. The van der Waals surface area contributed by atoms with Crippen molar-refractivity contribution < 1.29 is 9.53 Å². The number of benzene rings is 1. The highest BCUT2D eigenvalue weighted by molar-refractivity contribution is 7.15. The summed E-state index contributed by atoms with van der Waals surface area (Å²) >= 11 is 1.25. The third-order valence-corrected chi connectivity index (χ3v) is 3.96. The van der Waals surface area contributed by atoms with Crippen LogP contribution in [0.2, 0.25) is 0 Å². The lowest BCUT2D eigenvalue weighted by atomic mass is 10.1. The van der Waals surface area contributed by atoms with E-state index in [1.807, 2.05) is 13.8 Å². The molecule has 1 aromatic heterocycles. The van der Waals surface area contributed by atoms with Gasteiger partial charge in [0.2, 0.25) is 5.13 Å². The smallest absolute Gasteiger partial charge is 0.252 e. The van der Waals surface area contributed by atoms with Gasteiger partial charge >= 0.3 is 0 Å². The standard InChI is InChI=1S/C14H19N5O2S/c1-14(2,12-18-19-13(16)22-12)17-11(20)9-4-3-5-10(8-9)21-7-6-15/h3-5,8H,6-7,15H2,1-2H3,(H2,16,19)(H,17,20). The van der Waals surface area contributed by atoms with E-state index in [0.717, 1.165) is 0 Å². The number of amides is 1. The molecule has 0 aliphatic heterocycles. The van der Waals surface area contributed by atoms with Crippen molar-refractivity contribution in [1.29, 1.82) is 0 Å². The molecule has 7 nitrogen and oxygen atoms in total. The Labute approximate surface area is 132 Å². The molecule has 0 saturated carbocycles. The predicted molar refractivity (Wildman–Crippen MR) is 85.8 cm³/mol. The average Bonchev–Trinajstić information content (AvgIpc) is 2.92. The second-order valence-electron chi connectivity index (χ2n) is 5.19. The Morgan fingerprint density at radius 1 is 1.41 bits per heavy atom. The van der Waals surface area contributed by atoms with Crippen LogP contribution in [-0.2, 0) is 5.54 Å². The van der Waals surface area contributed by atoms with Crippen LogP contribution in [0.25, 0.3) is 0 Å². The summed E-state index contributed by atoms with van der Waals surface area (Å²) in [6.07, 6.45) is 0. The van der Waals surface area contributed by atoms with Crippen molar-refractivity contribution in [3.63, 3.8) is 0 Å². The molecule has 1 heterocycles. The van der Waals surface area contributed by atoms with Gasteiger partial charge in [-0.2, -0.15) is 0 Å². The van der Waals surface area contributed by atoms with Gasteiger partial charge in [-0.05, 0) is 32.0 Å². The molecule has 2 aromatic rings. The summed E-state index contributed by atoms with van der Waals surface area (Å²) in [4.78, 5) is 12.4.